The van der Waals surface area contributed by atoms with Gasteiger partial charge in [-0.2, -0.15) is 11.8 Å². The Morgan fingerprint density at radius 3 is 2.89 bits per heavy atom. The monoisotopic (exact) mass is 342 g/mol. The minimum atomic E-state index is -3.16. The second kappa shape index (κ2) is 6.17. The van der Waals surface area contributed by atoms with Crippen molar-refractivity contribution < 1.29 is 13.5 Å². The van der Waals surface area contributed by atoms with E-state index in [-0.39, 0.29) is 17.5 Å². The molecule has 2 rings (SSSR count). The highest BCUT2D eigenvalue weighted by Crippen LogP contribution is 2.34. The highest BCUT2D eigenvalue weighted by molar-refractivity contribution is 8.01. The molecule has 108 valence electrons. The van der Waals surface area contributed by atoms with Crippen LogP contribution in [-0.2, 0) is 16.4 Å². The molecular formula is C10H15ClN2O3S3. The van der Waals surface area contributed by atoms with Crippen LogP contribution in [0, 0.1) is 0 Å². The van der Waals surface area contributed by atoms with E-state index >= 15 is 0 Å². The summed E-state index contributed by atoms with van der Waals surface area (Å²) in [7, 11) is -3.16. The Morgan fingerprint density at radius 2 is 2.32 bits per heavy atom. The van der Waals surface area contributed by atoms with Crippen molar-refractivity contribution in [3.63, 3.8) is 0 Å². The van der Waals surface area contributed by atoms with E-state index in [0.29, 0.717) is 22.3 Å². The maximum Gasteiger partial charge on any atom is 0.188 e. The van der Waals surface area contributed by atoms with Gasteiger partial charge in [-0.1, -0.05) is 29.9 Å². The van der Waals surface area contributed by atoms with Crippen molar-refractivity contribution in [3.05, 3.63) is 10.0 Å². The molecule has 0 radical (unpaired) electrons. The Kier molecular flexibility index (Phi) is 4.99. The number of nitrogens with zero attached hydrogens (tertiary/aromatic N) is 2. The number of hydrogen-bond donors (Lipinski definition) is 1. The SMILES string of the molecule is CCS(=O)(=O)C1CSCCN1c1nc(Cl)c(CO)s1. The Hall–Kier alpha value is -0.0200. The number of aliphatic hydroxyl groups is 1. The van der Waals surface area contributed by atoms with Crippen molar-refractivity contribution in [1.82, 2.24) is 4.98 Å². The van der Waals surface area contributed by atoms with Crippen LogP contribution in [-0.4, -0.2) is 47.7 Å². The summed E-state index contributed by atoms with van der Waals surface area (Å²) in [6, 6.07) is 0. The number of rotatable bonds is 4. The zero-order valence-electron chi connectivity index (χ0n) is 10.4. The molecule has 1 aromatic heterocycles. The van der Waals surface area contributed by atoms with E-state index in [2.05, 4.69) is 4.98 Å². The Labute approximate surface area is 125 Å². The van der Waals surface area contributed by atoms with E-state index in [1.54, 1.807) is 23.6 Å². The number of thioether (sulfide) groups is 1. The molecule has 0 spiro atoms. The second-order valence-electron chi connectivity index (χ2n) is 4.04. The molecule has 0 bridgehead atoms. The molecule has 1 aliphatic rings. The van der Waals surface area contributed by atoms with Crippen LogP contribution in [0.5, 0.6) is 0 Å². The van der Waals surface area contributed by atoms with E-state index in [0.717, 1.165) is 5.75 Å². The van der Waals surface area contributed by atoms with Crippen LogP contribution in [0.3, 0.4) is 0 Å². The van der Waals surface area contributed by atoms with Crippen molar-refractivity contribution in [3.8, 4) is 0 Å². The first-order chi connectivity index (χ1) is 8.99. The summed E-state index contributed by atoms with van der Waals surface area (Å²) < 4.78 is 24.3. The molecule has 1 saturated heterocycles. The summed E-state index contributed by atoms with van der Waals surface area (Å²) in [5.41, 5.74) is 0. The number of sulfone groups is 1. The average molecular weight is 343 g/mol. The van der Waals surface area contributed by atoms with Crippen molar-refractivity contribution >= 4 is 49.7 Å². The lowest BCUT2D eigenvalue weighted by Crippen LogP contribution is -2.47. The van der Waals surface area contributed by atoms with Gasteiger partial charge in [-0.25, -0.2) is 13.4 Å². The summed E-state index contributed by atoms with van der Waals surface area (Å²) in [6.45, 7) is 2.11. The van der Waals surface area contributed by atoms with E-state index < -0.39 is 15.2 Å². The van der Waals surface area contributed by atoms with Crippen LogP contribution in [0.2, 0.25) is 5.15 Å². The van der Waals surface area contributed by atoms with Crippen LogP contribution < -0.4 is 4.90 Å². The van der Waals surface area contributed by atoms with Gasteiger partial charge in [-0.05, 0) is 0 Å². The quantitative estimate of drug-likeness (QED) is 0.896. The minimum absolute atomic E-state index is 0.112. The van der Waals surface area contributed by atoms with Crippen LogP contribution in [0.25, 0.3) is 0 Å². The van der Waals surface area contributed by atoms with Gasteiger partial charge in [0.2, 0.25) is 0 Å². The van der Waals surface area contributed by atoms with Gasteiger partial charge in [0, 0.05) is 23.8 Å². The Bertz CT molecular complexity index is 546. The predicted octanol–water partition coefficient (Wildman–Crippen LogP) is 1.60. The van der Waals surface area contributed by atoms with Crippen molar-refractivity contribution in [2.24, 2.45) is 0 Å². The molecule has 5 nitrogen and oxygen atoms in total. The second-order valence-corrected chi connectivity index (χ2v) is 9.06. The fourth-order valence-corrected chi connectivity index (χ4v) is 6.06. The number of aromatic nitrogens is 1. The maximum atomic E-state index is 12.1. The van der Waals surface area contributed by atoms with E-state index in [1.165, 1.54) is 11.3 Å². The van der Waals surface area contributed by atoms with Gasteiger partial charge in [0.15, 0.2) is 15.0 Å². The van der Waals surface area contributed by atoms with Gasteiger partial charge in [0.25, 0.3) is 0 Å². The minimum Gasteiger partial charge on any atom is -0.391 e. The van der Waals surface area contributed by atoms with Gasteiger partial charge in [0.05, 0.1) is 11.5 Å². The van der Waals surface area contributed by atoms with Crippen LogP contribution in [0.1, 0.15) is 11.8 Å². The van der Waals surface area contributed by atoms with Gasteiger partial charge in [-0.3, -0.25) is 0 Å². The number of hydrogen-bond acceptors (Lipinski definition) is 7. The molecule has 0 aliphatic carbocycles. The summed E-state index contributed by atoms with van der Waals surface area (Å²) in [6.07, 6.45) is 0. The molecule has 1 fully saturated rings. The van der Waals surface area contributed by atoms with Gasteiger partial charge in [0.1, 0.15) is 10.5 Å². The third-order valence-corrected chi connectivity index (χ3v) is 7.72. The summed E-state index contributed by atoms with van der Waals surface area (Å²) in [5.74, 6) is 1.52. The van der Waals surface area contributed by atoms with Crippen molar-refractivity contribution in [2.75, 3.05) is 28.7 Å². The first kappa shape index (κ1) is 15.4. The fourth-order valence-electron chi connectivity index (χ4n) is 1.83. The normalized spacial score (nSPS) is 20.8. The average Bonchev–Trinajstić information content (AvgIpc) is 2.80. The number of anilines is 1. The fraction of sp³-hybridized carbons (Fsp3) is 0.700. The zero-order valence-corrected chi connectivity index (χ0v) is 13.6. The Balaban J connectivity index is 2.34. The summed E-state index contributed by atoms with van der Waals surface area (Å²) in [5, 5.41) is 9.43. The van der Waals surface area contributed by atoms with Crippen LogP contribution in [0.4, 0.5) is 5.13 Å². The third kappa shape index (κ3) is 3.18. The maximum absolute atomic E-state index is 12.1. The lowest BCUT2D eigenvalue weighted by molar-refractivity contribution is 0.285. The topological polar surface area (TPSA) is 70.5 Å². The van der Waals surface area contributed by atoms with E-state index in [4.69, 9.17) is 16.7 Å². The molecule has 1 aromatic rings. The summed E-state index contributed by atoms with van der Waals surface area (Å²) >= 11 is 8.81. The third-order valence-electron chi connectivity index (χ3n) is 2.93. The molecule has 0 aromatic carbocycles. The van der Waals surface area contributed by atoms with Gasteiger partial charge in [-0.15, -0.1) is 0 Å². The molecule has 1 aliphatic heterocycles. The van der Waals surface area contributed by atoms with Crippen LogP contribution >= 0.6 is 34.7 Å². The van der Waals surface area contributed by atoms with Crippen LogP contribution in [0.15, 0.2) is 0 Å². The smallest absolute Gasteiger partial charge is 0.188 e. The lowest BCUT2D eigenvalue weighted by Gasteiger charge is -2.34. The first-order valence-corrected chi connectivity index (χ1v) is 9.88. The number of halogens is 1. The molecule has 19 heavy (non-hydrogen) atoms. The Morgan fingerprint density at radius 1 is 1.58 bits per heavy atom. The standard InChI is InChI=1S/C10H15ClN2O3S3/c1-2-19(15,16)8-6-17-4-3-13(8)10-12-9(11)7(5-14)18-10/h8,14H,2-6H2,1H3. The molecule has 0 saturated carbocycles. The molecule has 1 N–H and O–H groups in total. The number of thiazole rings is 1. The molecule has 9 heteroatoms. The molecular weight excluding hydrogens is 328 g/mol. The predicted molar refractivity (Wildman–Crippen MR) is 81.0 cm³/mol. The summed E-state index contributed by atoms with van der Waals surface area (Å²) in [4.78, 5) is 6.55. The molecule has 1 atom stereocenters. The number of aliphatic hydroxyl groups excluding tert-OH is 1. The van der Waals surface area contributed by atoms with Gasteiger partial charge < -0.3 is 10.0 Å². The highest BCUT2D eigenvalue weighted by atomic mass is 35.5. The van der Waals surface area contributed by atoms with E-state index in [1.807, 2.05) is 0 Å². The van der Waals surface area contributed by atoms with Crippen molar-refractivity contribution in [1.29, 1.82) is 0 Å². The van der Waals surface area contributed by atoms with Crippen molar-refractivity contribution in [2.45, 2.75) is 18.9 Å². The molecule has 0 amide bonds. The lowest BCUT2D eigenvalue weighted by atomic mass is 10.5. The first-order valence-electron chi connectivity index (χ1n) is 5.81. The molecule has 1 unspecified atom stereocenters. The van der Waals surface area contributed by atoms with E-state index in [9.17, 15) is 8.42 Å². The highest BCUT2D eigenvalue weighted by Gasteiger charge is 2.34. The zero-order chi connectivity index (χ0) is 14.0. The largest absolute Gasteiger partial charge is 0.391 e. The molecule has 2 heterocycles. The van der Waals surface area contributed by atoms with Gasteiger partial charge >= 0.3 is 0 Å².